The normalized spacial score (nSPS) is 16.5. The number of carbonyl (C=O) groups is 1. The number of fused-ring (bicyclic) bond motifs is 1. The number of aliphatic hydroxyl groups excluding tert-OH is 1. The Bertz CT molecular complexity index is 615. The minimum absolute atomic E-state index is 0.167. The monoisotopic (exact) mass is 287 g/mol. The van der Waals surface area contributed by atoms with E-state index < -0.39 is 0 Å². The van der Waals surface area contributed by atoms with Gasteiger partial charge in [0.1, 0.15) is 6.54 Å². The number of β-amino-alcohol motifs (C(OH)–C–C–N with tert-alkyl or cyclic N) is 1. The molecule has 0 spiro atoms. The Labute approximate surface area is 124 Å². The van der Waals surface area contributed by atoms with E-state index in [0.29, 0.717) is 13.1 Å². The Morgan fingerprint density at radius 1 is 1.10 bits per heavy atom. The molecule has 2 aromatic rings. The molecule has 1 aromatic heterocycles. The lowest BCUT2D eigenvalue weighted by atomic mass is 10.2. The second kappa shape index (κ2) is 6.28. The van der Waals surface area contributed by atoms with E-state index in [1.165, 1.54) is 0 Å². The van der Waals surface area contributed by atoms with Crippen molar-refractivity contribution in [2.75, 3.05) is 39.3 Å². The summed E-state index contributed by atoms with van der Waals surface area (Å²) in [6.07, 6.45) is 1.98. The Morgan fingerprint density at radius 2 is 1.86 bits per heavy atom. The Kier molecular flexibility index (Phi) is 4.22. The van der Waals surface area contributed by atoms with Gasteiger partial charge in [0.05, 0.1) is 6.61 Å². The molecule has 1 aliphatic heterocycles. The van der Waals surface area contributed by atoms with E-state index in [2.05, 4.69) is 11.0 Å². The summed E-state index contributed by atoms with van der Waals surface area (Å²) in [6.45, 7) is 4.47. The highest BCUT2D eigenvalue weighted by Gasteiger charge is 2.20. The maximum absolute atomic E-state index is 12.4. The van der Waals surface area contributed by atoms with Gasteiger partial charge < -0.3 is 14.6 Å². The van der Waals surface area contributed by atoms with Crippen molar-refractivity contribution in [3.8, 4) is 0 Å². The number of piperazine rings is 1. The predicted molar refractivity (Wildman–Crippen MR) is 82.0 cm³/mol. The summed E-state index contributed by atoms with van der Waals surface area (Å²) in [5.74, 6) is 0.167. The molecule has 0 aliphatic carbocycles. The second-order valence-electron chi connectivity index (χ2n) is 5.45. The van der Waals surface area contributed by atoms with Gasteiger partial charge in [-0.1, -0.05) is 18.2 Å². The number of aromatic nitrogens is 1. The van der Waals surface area contributed by atoms with Crippen LogP contribution in [0.3, 0.4) is 0 Å². The summed E-state index contributed by atoms with van der Waals surface area (Å²) >= 11 is 0. The maximum atomic E-state index is 12.4. The summed E-state index contributed by atoms with van der Waals surface area (Å²) in [5, 5.41) is 10.1. The van der Waals surface area contributed by atoms with Crippen molar-refractivity contribution in [3.05, 3.63) is 36.5 Å². The highest BCUT2D eigenvalue weighted by atomic mass is 16.3. The lowest BCUT2D eigenvalue weighted by Gasteiger charge is -2.34. The minimum Gasteiger partial charge on any atom is -0.395 e. The Balaban J connectivity index is 1.62. The molecule has 5 heteroatoms. The first kappa shape index (κ1) is 14.1. The van der Waals surface area contributed by atoms with Gasteiger partial charge in [0, 0.05) is 44.4 Å². The third kappa shape index (κ3) is 3.09. The van der Waals surface area contributed by atoms with Crippen LogP contribution >= 0.6 is 0 Å². The highest BCUT2D eigenvalue weighted by molar-refractivity contribution is 5.83. The van der Waals surface area contributed by atoms with Gasteiger partial charge in [0.15, 0.2) is 0 Å². The molecule has 1 aromatic carbocycles. The highest BCUT2D eigenvalue weighted by Crippen LogP contribution is 2.15. The Hall–Kier alpha value is -1.85. The molecular weight excluding hydrogens is 266 g/mol. The number of carbonyl (C=O) groups excluding carboxylic acids is 1. The number of rotatable bonds is 4. The maximum Gasteiger partial charge on any atom is 0.242 e. The molecule has 2 heterocycles. The number of aliphatic hydroxyl groups is 1. The molecular formula is C16H21N3O2. The third-order valence-electron chi connectivity index (χ3n) is 4.13. The van der Waals surface area contributed by atoms with Crippen LogP contribution < -0.4 is 0 Å². The van der Waals surface area contributed by atoms with E-state index in [1.807, 2.05) is 39.9 Å². The number of para-hydroxylation sites is 1. The van der Waals surface area contributed by atoms with Crippen molar-refractivity contribution in [3.63, 3.8) is 0 Å². The van der Waals surface area contributed by atoms with Gasteiger partial charge in [-0.15, -0.1) is 0 Å². The first-order valence-corrected chi connectivity index (χ1v) is 7.43. The third-order valence-corrected chi connectivity index (χ3v) is 4.13. The molecule has 0 unspecified atom stereocenters. The minimum atomic E-state index is 0.167. The smallest absolute Gasteiger partial charge is 0.242 e. The van der Waals surface area contributed by atoms with Crippen molar-refractivity contribution in [2.45, 2.75) is 6.54 Å². The lowest BCUT2D eigenvalue weighted by Crippen LogP contribution is -2.50. The van der Waals surface area contributed by atoms with Crippen LogP contribution in [-0.2, 0) is 11.3 Å². The number of amides is 1. The largest absolute Gasteiger partial charge is 0.395 e. The van der Waals surface area contributed by atoms with Gasteiger partial charge in [0.25, 0.3) is 0 Å². The molecule has 1 aliphatic rings. The molecule has 112 valence electrons. The fraction of sp³-hybridized carbons (Fsp3) is 0.438. The second-order valence-corrected chi connectivity index (χ2v) is 5.45. The molecule has 0 bridgehead atoms. The summed E-state index contributed by atoms with van der Waals surface area (Å²) in [5.41, 5.74) is 1.10. The number of benzene rings is 1. The first-order valence-electron chi connectivity index (χ1n) is 7.43. The summed E-state index contributed by atoms with van der Waals surface area (Å²) in [7, 11) is 0. The average Bonchev–Trinajstić information content (AvgIpc) is 2.92. The van der Waals surface area contributed by atoms with Gasteiger partial charge in [-0.2, -0.15) is 0 Å². The standard InChI is InChI=1S/C16H21N3O2/c20-12-11-17-7-9-18(10-8-17)16(21)13-19-6-5-14-3-1-2-4-15(14)19/h1-6,20H,7-13H2. The van der Waals surface area contributed by atoms with E-state index in [-0.39, 0.29) is 12.5 Å². The lowest BCUT2D eigenvalue weighted by molar-refractivity contribution is -0.133. The molecule has 1 fully saturated rings. The van der Waals surface area contributed by atoms with Crippen molar-refractivity contribution in [2.24, 2.45) is 0 Å². The van der Waals surface area contributed by atoms with Crippen LogP contribution in [0.15, 0.2) is 36.5 Å². The van der Waals surface area contributed by atoms with Crippen molar-refractivity contribution in [1.82, 2.24) is 14.4 Å². The van der Waals surface area contributed by atoms with Crippen LogP contribution in [0.5, 0.6) is 0 Å². The summed E-state index contributed by atoms with van der Waals surface area (Å²) in [4.78, 5) is 16.5. The molecule has 3 rings (SSSR count). The van der Waals surface area contributed by atoms with Crippen LogP contribution in [0.1, 0.15) is 0 Å². The fourth-order valence-corrected chi connectivity index (χ4v) is 2.89. The van der Waals surface area contributed by atoms with Crippen LogP contribution in [0, 0.1) is 0 Å². The molecule has 0 saturated carbocycles. The van der Waals surface area contributed by atoms with E-state index >= 15 is 0 Å². The number of nitrogens with zero attached hydrogens (tertiary/aromatic N) is 3. The van der Waals surface area contributed by atoms with Gasteiger partial charge in [-0.3, -0.25) is 9.69 Å². The first-order chi connectivity index (χ1) is 10.3. The van der Waals surface area contributed by atoms with Gasteiger partial charge in [-0.25, -0.2) is 0 Å². The average molecular weight is 287 g/mol. The molecule has 0 radical (unpaired) electrons. The fourth-order valence-electron chi connectivity index (χ4n) is 2.89. The van der Waals surface area contributed by atoms with Crippen molar-refractivity contribution < 1.29 is 9.90 Å². The predicted octanol–water partition coefficient (Wildman–Crippen LogP) is 0.778. The van der Waals surface area contributed by atoms with Crippen LogP contribution in [0.4, 0.5) is 0 Å². The zero-order valence-corrected chi connectivity index (χ0v) is 12.1. The molecule has 21 heavy (non-hydrogen) atoms. The quantitative estimate of drug-likeness (QED) is 0.904. The van der Waals surface area contributed by atoms with E-state index in [4.69, 9.17) is 5.11 Å². The van der Waals surface area contributed by atoms with E-state index in [1.54, 1.807) is 0 Å². The van der Waals surface area contributed by atoms with E-state index in [0.717, 1.165) is 37.1 Å². The van der Waals surface area contributed by atoms with E-state index in [9.17, 15) is 4.79 Å². The van der Waals surface area contributed by atoms with Crippen molar-refractivity contribution in [1.29, 1.82) is 0 Å². The van der Waals surface area contributed by atoms with Crippen LogP contribution in [-0.4, -0.2) is 64.7 Å². The zero-order chi connectivity index (χ0) is 14.7. The van der Waals surface area contributed by atoms with Gasteiger partial charge in [-0.05, 0) is 17.5 Å². The van der Waals surface area contributed by atoms with Crippen molar-refractivity contribution >= 4 is 16.8 Å². The SMILES string of the molecule is O=C(Cn1ccc2ccccc21)N1CCN(CCO)CC1. The molecule has 0 atom stereocenters. The molecule has 1 saturated heterocycles. The molecule has 1 N–H and O–H groups in total. The zero-order valence-electron chi connectivity index (χ0n) is 12.1. The van der Waals surface area contributed by atoms with Crippen LogP contribution in [0.25, 0.3) is 10.9 Å². The number of hydrogen-bond donors (Lipinski definition) is 1. The topological polar surface area (TPSA) is 48.7 Å². The number of hydrogen-bond acceptors (Lipinski definition) is 3. The van der Waals surface area contributed by atoms with Gasteiger partial charge in [0.2, 0.25) is 5.91 Å². The Morgan fingerprint density at radius 3 is 2.62 bits per heavy atom. The molecule has 1 amide bonds. The summed E-state index contributed by atoms with van der Waals surface area (Å²) in [6, 6.07) is 10.2. The van der Waals surface area contributed by atoms with Crippen LogP contribution in [0.2, 0.25) is 0 Å². The summed E-state index contributed by atoms with van der Waals surface area (Å²) < 4.78 is 2.01. The van der Waals surface area contributed by atoms with Gasteiger partial charge >= 0.3 is 0 Å². The molecule has 5 nitrogen and oxygen atoms in total.